The molecule has 18 heavy (non-hydrogen) atoms. The van der Waals surface area contributed by atoms with Gasteiger partial charge in [-0.1, -0.05) is 28.1 Å². The summed E-state index contributed by atoms with van der Waals surface area (Å²) in [6, 6.07) is 6.92. The maximum Gasteiger partial charge on any atom is 0.0697 e. The van der Waals surface area contributed by atoms with Gasteiger partial charge >= 0.3 is 0 Å². The molecule has 0 aromatic heterocycles. The highest BCUT2D eigenvalue weighted by atomic mass is 79.9. The van der Waals surface area contributed by atoms with E-state index in [0.29, 0.717) is 19.3 Å². The van der Waals surface area contributed by atoms with Crippen LogP contribution < -0.4 is 5.32 Å². The SMILES string of the molecule is OCCOCCCNC1CCc2c(Br)cccc21. The van der Waals surface area contributed by atoms with Gasteiger partial charge in [-0.3, -0.25) is 0 Å². The summed E-state index contributed by atoms with van der Waals surface area (Å²) in [6.07, 6.45) is 3.31. The van der Waals surface area contributed by atoms with E-state index in [4.69, 9.17) is 9.84 Å². The van der Waals surface area contributed by atoms with E-state index in [2.05, 4.69) is 39.4 Å². The molecule has 0 bridgehead atoms. The average molecular weight is 314 g/mol. The van der Waals surface area contributed by atoms with Crippen LogP contribution in [0.3, 0.4) is 0 Å². The van der Waals surface area contributed by atoms with Crippen LogP contribution in [0.4, 0.5) is 0 Å². The van der Waals surface area contributed by atoms with E-state index in [1.54, 1.807) is 0 Å². The van der Waals surface area contributed by atoms with E-state index < -0.39 is 0 Å². The molecule has 2 rings (SSSR count). The van der Waals surface area contributed by atoms with Gasteiger partial charge in [-0.05, 0) is 43.0 Å². The van der Waals surface area contributed by atoms with Crippen molar-refractivity contribution in [3.05, 3.63) is 33.8 Å². The van der Waals surface area contributed by atoms with Crippen LogP contribution in [0, 0.1) is 0 Å². The number of halogens is 1. The molecule has 2 N–H and O–H groups in total. The molecule has 1 aromatic carbocycles. The Morgan fingerprint density at radius 2 is 2.28 bits per heavy atom. The second-order valence-corrected chi connectivity index (χ2v) is 5.40. The topological polar surface area (TPSA) is 41.5 Å². The Bertz CT molecular complexity index is 384. The van der Waals surface area contributed by atoms with Gasteiger partial charge in [-0.15, -0.1) is 0 Å². The van der Waals surface area contributed by atoms with Crippen molar-refractivity contribution in [1.29, 1.82) is 0 Å². The summed E-state index contributed by atoms with van der Waals surface area (Å²) >= 11 is 3.61. The molecular weight excluding hydrogens is 294 g/mol. The number of fused-ring (bicyclic) bond motifs is 1. The summed E-state index contributed by atoms with van der Waals surface area (Å²) < 4.78 is 6.47. The predicted molar refractivity (Wildman–Crippen MR) is 75.7 cm³/mol. The molecule has 1 atom stereocenters. The first-order valence-corrected chi connectivity index (χ1v) is 7.31. The van der Waals surface area contributed by atoms with Gasteiger partial charge in [0.2, 0.25) is 0 Å². The number of benzene rings is 1. The lowest BCUT2D eigenvalue weighted by Crippen LogP contribution is -2.21. The summed E-state index contributed by atoms with van der Waals surface area (Å²) in [5, 5.41) is 12.2. The van der Waals surface area contributed by atoms with E-state index in [9.17, 15) is 0 Å². The summed E-state index contributed by atoms with van der Waals surface area (Å²) in [5.41, 5.74) is 2.88. The van der Waals surface area contributed by atoms with Crippen LogP contribution in [0.25, 0.3) is 0 Å². The van der Waals surface area contributed by atoms with Crippen LogP contribution in [0.1, 0.15) is 30.0 Å². The zero-order valence-corrected chi connectivity index (χ0v) is 12.1. The quantitative estimate of drug-likeness (QED) is 0.760. The molecule has 0 fully saturated rings. The largest absolute Gasteiger partial charge is 0.394 e. The second-order valence-electron chi connectivity index (χ2n) is 4.54. The van der Waals surface area contributed by atoms with Crippen LogP contribution >= 0.6 is 15.9 Å². The summed E-state index contributed by atoms with van der Waals surface area (Å²) in [6.45, 7) is 2.23. The Balaban J connectivity index is 1.75. The van der Waals surface area contributed by atoms with E-state index in [1.165, 1.54) is 22.0 Å². The number of rotatable bonds is 7. The minimum Gasteiger partial charge on any atom is -0.394 e. The standard InChI is InChI=1S/C14H20BrNO2/c15-13-4-1-3-12-11(13)5-6-14(12)16-7-2-9-18-10-8-17/h1,3-4,14,16-17H,2,5-10H2. The Labute approximate surface area is 117 Å². The van der Waals surface area contributed by atoms with Crippen LogP contribution in [0.15, 0.2) is 22.7 Å². The van der Waals surface area contributed by atoms with Crippen molar-refractivity contribution in [3.63, 3.8) is 0 Å². The molecular formula is C14H20BrNO2. The van der Waals surface area contributed by atoms with Gasteiger partial charge in [0.25, 0.3) is 0 Å². The minimum atomic E-state index is 0.109. The lowest BCUT2D eigenvalue weighted by molar-refractivity contribution is 0.0904. The fourth-order valence-electron chi connectivity index (χ4n) is 2.44. The maximum atomic E-state index is 8.59. The van der Waals surface area contributed by atoms with Crippen LogP contribution in [0.5, 0.6) is 0 Å². The van der Waals surface area contributed by atoms with Gasteiger partial charge in [0.1, 0.15) is 0 Å². The van der Waals surface area contributed by atoms with Crippen molar-refractivity contribution >= 4 is 15.9 Å². The number of aliphatic hydroxyl groups is 1. The highest BCUT2D eigenvalue weighted by Gasteiger charge is 2.22. The Morgan fingerprint density at radius 1 is 1.39 bits per heavy atom. The zero-order valence-electron chi connectivity index (χ0n) is 10.5. The molecule has 1 aliphatic rings. The van der Waals surface area contributed by atoms with Gasteiger partial charge in [0, 0.05) is 17.1 Å². The molecule has 4 heteroatoms. The molecule has 1 aliphatic carbocycles. The zero-order chi connectivity index (χ0) is 12.8. The lowest BCUT2D eigenvalue weighted by Gasteiger charge is -2.14. The normalized spacial score (nSPS) is 18.0. The molecule has 0 radical (unpaired) electrons. The van der Waals surface area contributed by atoms with Gasteiger partial charge in [-0.2, -0.15) is 0 Å². The maximum absolute atomic E-state index is 8.59. The number of hydrogen-bond donors (Lipinski definition) is 2. The summed E-state index contributed by atoms with van der Waals surface area (Å²) in [4.78, 5) is 0. The lowest BCUT2D eigenvalue weighted by atomic mass is 10.1. The smallest absolute Gasteiger partial charge is 0.0697 e. The average Bonchev–Trinajstić information content (AvgIpc) is 2.79. The predicted octanol–water partition coefficient (Wildman–Crippen LogP) is 2.42. The highest BCUT2D eigenvalue weighted by Crippen LogP contribution is 2.35. The number of ether oxygens (including phenoxy) is 1. The first-order chi connectivity index (χ1) is 8.83. The number of nitrogens with one attached hydrogen (secondary N) is 1. The second kappa shape index (κ2) is 7.24. The van der Waals surface area contributed by atoms with Crippen molar-refractivity contribution in [2.75, 3.05) is 26.4 Å². The Hall–Kier alpha value is -0.420. The highest BCUT2D eigenvalue weighted by molar-refractivity contribution is 9.10. The molecule has 0 saturated carbocycles. The number of aliphatic hydroxyl groups excluding tert-OH is 1. The third-order valence-corrected chi connectivity index (χ3v) is 4.05. The van der Waals surface area contributed by atoms with Gasteiger partial charge in [0.15, 0.2) is 0 Å². The molecule has 100 valence electrons. The molecule has 0 aliphatic heterocycles. The fourth-order valence-corrected chi connectivity index (χ4v) is 3.02. The molecule has 0 saturated heterocycles. The summed E-state index contributed by atoms with van der Waals surface area (Å²) in [5.74, 6) is 0. The van der Waals surface area contributed by atoms with Crippen molar-refractivity contribution in [3.8, 4) is 0 Å². The van der Waals surface area contributed by atoms with Crippen LogP contribution in [-0.4, -0.2) is 31.5 Å². The van der Waals surface area contributed by atoms with Crippen LogP contribution in [0.2, 0.25) is 0 Å². The van der Waals surface area contributed by atoms with Gasteiger partial charge in [0.05, 0.1) is 13.2 Å². The fraction of sp³-hybridized carbons (Fsp3) is 0.571. The minimum absolute atomic E-state index is 0.109. The van der Waals surface area contributed by atoms with Gasteiger partial charge in [-0.25, -0.2) is 0 Å². The van der Waals surface area contributed by atoms with Crippen LogP contribution in [-0.2, 0) is 11.2 Å². The third-order valence-electron chi connectivity index (χ3n) is 3.31. The van der Waals surface area contributed by atoms with Crippen molar-refractivity contribution in [2.24, 2.45) is 0 Å². The monoisotopic (exact) mass is 313 g/mol. The van der Waals surface area contributed by atoms with E-state index >= 15 is 0 Å². The molecule has 1 aromatic rings. The first kappa shape index (κ1) is 14.0. The Kier molecular flexibility index (Phi) is 5.63. The van der Waals surface area contributed by atoms with E-state index in [1.807, 2.05) is 0 Å². The van der Waals surface area contributed by atoms with Crippen molar-refractivity contribution < 1.29 is 9.84 Å². The van der Waals surface area contributed by atoms with E-state index in [-0.39, 0.29) is 6.61 Å². The van der Waals surface area contributed by atoms with Crippen molar-refractivity contribution in [1.82, 2.24) is 5.32 Å². The molecule has 0 spiro atoms. The van der Waals surface area contributed by atoms with Crippen molar-refractivity contribution in [2.45, 2.75) is 25.3 Å². The molecule has 3 nitrogen and oxygen atoms in total. The molecule has 1 unspecified atom stereocenters. The molecule has 0 amide bonds. The van der Waals surface area contributed by atoms with E-state index in [0.717, 1.165) is 19.4 Å². The summed E-state index contributed by atoms with van der Waals surface area (Å²) in [7, 11) is 0. The van der Waals surface area contributed by atoms with Gasteiger partial charge < -0.3 is 15.2 Å². The third kappa shape index (κ3) is 3.54. The number of hydrogen-bond acceptors (Lipinski definition) is 3. The molecule has 0 heterocycles. The first-order valence-electron chi connectivity index (χ1n) is 6.52. The Morgan fingerprint density at radius 3 is 3.11 bits per heavy atom.